The molecule has 100 valence electrons. The number of ether oxygens (including phenoxy) is 1. The fraction of sp³-hybridized carbons (Fsp3) is 0.417. The van der Waals surface area contributed by atoms with Gasteiger partial charge in [-0.15, -0.1) is 0 Å². The molecule has 0 aromatic heterocycles. The van der Waals surface area contributed by atoms with E-state index in [0.29, 0.717) is 4.47 Å². The number of hydrogen-bond acceptors (Lipinski definition) is 3. The number of hydrogen-bond donors (Lipinski definition) is 1. The molecule has 1 aromatic rings. The van der Waals surface area contributed by atoms with Crippen LogP contribution < -0.4 is 0 Å². The van der Waals surface area contributed by atoms with Crippen molar-refractivity contribution in [3.63, 3.8) is 0 Å². The van der Waals surface area contributed by atoms with E-state index in [9.17, 15) is 18.7 Å². The molecule has 0 aliphatic rings. The van der Waals surface area contributed by atoms with Crippen molar-refractivity contribution in [3.05, 3.63) is 34.3 Å². The van der Waals surface area contributed by atoms with E-state index in [2.05, 4.69) is 20.7 Å². The van der Waals surface area contributed by atoms with Crippen LogP contribution in [0.4, 0.5) is 8.78 Å². The molecule has 1 aromatic carbocycles. The van der Waals surface area contributed by atoms with E-state index < -0.39 is 17.5 Å². The maximum absolute atomic E-state index is 13.9. The van der Waals surface area contributed by atoms with Crippen molar-refractivity contribution >= 4 is 21.9 Å². The van der Waals surface area contributed by atoms with Crippen molar-refractivity contribution in [2.45, 2.75) is 25.4 Å². The molecule has 18 heavy (non-hydrogen) atoms. The van der Waals surface area contributed by atoms with Gasteiger partial charge < -0.3 is 9.84 Å². The van der Waals surface area contributed by atoms with Crippen molar-refractivity contribution < 1.29 is 23.4 Å². The average molecular weight is 323 g/mol. The standard InChI is InChI=1S/C12H13BrF2O3/c1-3-18-10(16)12(14,15)11(2,17)8-5-4-6-9(13)7-8/h4-7,17H,3H2,1-2H3/t11-/m0/s1. The lowest BCUT2D eigenvalue weighted by molar-refractivity contribution is -0.212. The third-order valence-corrected chi connectivity index (χ3v) is 3.02. The van der Waals surface area contributed by atoms with Gasteiger partial charge in [0.25, 0.3) is 0 Å². The lowest BCUT2D eigenvalue weighted by Gasteiger charge is -2.31. The highest BCUT2D eigenvalue weighted by Crippen LogP contribution is 2.39. The molecule has 0 aliphatic heterocycles. The van der Waals surface area contributed by atoms with Crippen molar-refractivity contribution in [2.75, 3.05) is 6.61 Å². The van der Waals surface area contributed by atoms with Crippen LogP contribution >= 0.6 is 15.9 Å². The second-order valence-corrected chi connectivity index (χ2v) is 4.79. The number of aliphatic hydroxyl groups is 1. The van der Waals surface area contributed by atoms with Crippen LogP contribution in [0.3, 0.4) is 0 Å². The van der Waals surface area contributed by atoms with Gasteiger partial charge in [-0.3, -0.25) is 0 Å². The van der Waals surface area contributed by atoms with Gasteiger partial charge in [0.1, 0.15) is 0 Å². The summed E-state index contributed by atoms with van der Waals surface area (Å²) in [6.07, 6.45) is 0. The monoisotopic (exact) mass is 322 g/mol. The topological polar surface area (TPSA) is 46.5 Å². The quantitative estimate of drug-likeness (QED) is 0.867. The molecule has 0 aliphatic carbocycles. The maximum Gasteiger partial charge on any atom is 0.380 e. The largest absolute Gasteiger partial charge is 0.461 e. The lowest BCUT2D eigenvalue weighted by atomic mass is 9.89. The average Bonchev–Trinajstić information content (AvgIpc) is 2.29. The van der Waals surface area contributed by atoms with Crippen LogP contribution in [0, 0.1) is 0 Å². The molecule has 1 rings (SSSR count). The third-order valence-electron chi connectivity index (χ3n) is 2.53. The summed E-state index contributed by atoms with van der Waals surface area (Å²) in [4.78, 5) is 11.2. The SMILES string of the molecule is CCOC(=O)C(F)(F)[C@@](C)(O)c1cccc(Br)c1. The van der Waals surface area contributed by atoms with Gasteiger partial charge in [0, 0.05) is 4.47 Å². The first-order chi connectivity index (χ1) is 8.23. The normalized spacial score (nSPS) is 15.0. The highest BCUT2D eigenvalue weighted by Gasteiger charge is 2.57. The minimum absolute atomic E-state index is 0.0741. The maximum atomic E-state index is 13.9. The van der Waals surface area contributed by atoms with E-state index in [1.807, 2.05) is 0 Å². The number of halogens is 3. The Hall–Kier alpha value is -1.01. The molecule has 0 unspecified atom stereocenters. The van der Waals surface area contributed by atoms with Crippen LogP contribution in [-0.4, -0.2) is 23.6 Å². The minimum Gasteiger partial charge on any atom is -0.461 e. The van der Waals surface area contributed by atoms with Crippen LogP contribution in [0.15, 0.2) is 28.7 Å². The summed E-state index contributed by atoms with van der Waals surface area (Å²) in [5.74, 6) is -5.76. The third kappa shape index (κ3) is 2.70. The molecule has 6 heteroatoms. The summed E-state index contributed by atoms with van der Waals surface area (Å²) in [7, 11) is 0. The summed E-state index contributed by atoms with van der Waals surface area (Å²) in [5, 5.41) is 9.96. The van der Waals surface area contributed by atoms with Gasteiger partial charge in [0.15, 0.2) is 5.60 Å². The van der Waals surface area contributed by atoms with Gasteiger partial charge in [0.05, 0.1) is 6.61 Å². The summed E-state index contributed by atoms with van der Waals surface area (Å²) in [6.45, 7) is 2.12. The number of rotatable bonds is 4. The van der Waals surface area contributed by atoms with E-state index in [0.717, 1.165) is 6.92 Å². The van der Waals surface area contributed by atoms with Crippen LogP contribution in [0.25, 0.3) is 0 Å². The fourth-order valence-electron chi connectivity index (χ4n) is 1.39. The summed E-state index contributed by atoms with van der Waals surface area (Å²) < 4.78 is 32.5. The Bertz CT molecular complexity index is 447. The van der Waals surface area contributed by atoms with Gasteiger partial charge in [0.2, 0.25) is 0 Å². The van der Waals surface area contributed by atoms with E-state index >= 15 is 0 Å². The van der Waals surface area contributed by atoms with Crippen molar-refractivity contribution in [1.29, 1.82) is 0 Å². The second-order valence-electron chi connectivity index (χ2n) is 3.88. The molecular weight excluding hydrogens is 310 g/mol. The van der Waals surface area contributed by atoms with E-state index in [1.165, 1.54) is 25.1 Å². The molecule has 0 saturated heterocycles. The lowest BCUT2D eigenvalue weighted by Crippen LogP contribution is -2.49. The Morgan fingerprint density at radius 2 is 2.11 bits per heavy atom. The van der Waals surface area contributed by atoms with Crippen molar-refractivity contribution in [3.8, 4) is 0 Å². The Morgan fingerprint density at radius 1 is 1.50 bits per heavy atom. The first-order valence-electron chi connectivity index (χ1n) is 5.27. The van der Waals surface area contributed by atoms with Gasteiger partial charge in [-0.05, 0) is 31.5 Å². The fourth-order valence-corrected chi connectivity index (χ4v) is 1.79. The van der Waals surface area contributed by atoms with Crippen LogP contribution in [-0.2, 0) is 15.1 Å². The Morgan fingerprint density at radius 3 is 2.61 bits per heavy atom. The number of benzene rings is 1. The molecule has 0 amide bonds. The molecule has 1 atom stereocenters. The number of esters is 1. The molecular formula is C12H13BrF2O3. The highest BCUT2D eigenvalue weighted by atomic mass is 79.9. The predicted molar refractivity (Wildman–Crippen MR) is 65.3 cm³/mol. The number of alkyl halides is 2. The summed E-state index contributed by atoms with van der Waals surface area (Å²) in [6, 6.07) is 5.77. The zero-order valence-corrected chi connectivity index (χ0v) is 11.5. The van der Waals surface area contributed by atoms with Crippen molar-refractivity contribution in [2.24, 2.45) is 0 Å². The van der Waals surface area contributed by atoms with Gasteiger partial charge in [-0.25, -0.2) is 4.79 Å². The molecule has 0 saturated carbocycles. The Kier molecular flexibility index (Phi) is 4.45. The summed E-state index contributed by atoms with van der Waals surface area (Å²) in [5.41, 5.74) is -2.71. The van der Waals surface area contributed by atoms with E-state index in [4.69, 9.17) is 0 Å². The van der Waals surface area contributed by atoms with Gasteiger partial charge in [-0.1, -0.05) is 28.1 Å². The zero-order valence-electron chi connectivity index (χ0n) is 9.91. The first kappa shape index (κ1) is 15.0. The first-order valence-corrected chi connectivity index (χ1v) is 6.06. The number of carbonyl (C=O) groups is 1. The highest BCUT2D eigenvalue weighted by molar-refractivity contribution is 9.10. The molecule has 0 spiro atoms. The minimum atomic E-state index is -4.02. The van der Waals surface area contributed by atoms with E-state index in [1.54, 1.807) is 6.07 Å². The van der Waals surface area contributed by atoms with Crippen LogP contribution in [0.1, 0.15) is 19.4 Å². The van der Waals surface area contributed by atoms with Gasteiger partial charge >= 0.3 is 11.9 Å². The molecule has 0 radical (unpaired) electrons. The smallest absolute Gasteiger partial charge is 0.380 e. The molecule has 0 bridgehead atoms. The van der Waals surface area contributed by atoms with Crippen LogP contribution in [0.5, 0.6) is 0 Å². The molecule has 0 heterocycles. The predicted octanol–water partition coefficient (Wildman–Crippen LogP) is 2.86. The molecule has 3 nitrogen and oxygen atoms in total. The van der Waals surface area contributed by atoms with Gasteiger partial charge in [-0.2, -0.15) is 8.78 Å². The molecule has 0 fully saturated rings. The summed E-state index contributed by atoms with van der Waals surface area (Å²) >= 11 is 3.12. The molecule has 1 N–H and O–H groups in total. The second kappa shape index (κ2) is 5.32. The van der Waals surface area contributed by atoms with E-state index in [-0.39, 0.29) is 12.2 Å². The number of carbonyl (C=O) groups excluding carboxylic acids is 1. The van der Waals surface area contributed by atoms with Crippen molar-refractivity contribution in [1.82, 2.24) is 0 Å². The Labute approximate surface area is 112 Å². The Balaban J connectivity index is 3.16. The van der Waals surface area contributed by atoms with Crippen LogP contribution in [0.2, 0.25) is 0 Å². The zero-order chi connectivity index (χ0) is 14.0.